The Bertz CT molecular complexity index is 1100. The molecule has 1 saturated heterocycles. The van der Waals surface area contributed by atoms with Crippen LogP contribution in [0.15, 0.2) is 58.5 Å². The van der Waals surface area contributed by atoms with Crippen molar-refractivity contribution >= 4 is 26.4 Å². The predicted molar refractivity (Wildman–Crippen MR) is 110 cm³/mol. The summed E-state index contributed by atoms with van der Waals surface area (Å²) in [5.74, 6) is 0.744. The first-order valence-corrected chi connectivity index (χ1v) is 11.2. The van der Waals surface area contributed by atoms with Gasteiger partial charge < -0.3 is 9.64 Å². The summed E-state index contributed by atoms with van der Waals surface area (Å²) in [6.07, 6.45) is 3.76. The summed E-state index contributed by atoms with van der Waals surface area (Å²) in [5, 5.41) is 0.876. The second-order valence-electron chi connectivity index (χ2n) is 7.15. The zero-order chi connectivity index (χ0) is 19.7. The monoisotopic (exact) mass is 397 g/mol. The van der Waals surface area contributed by atoms with E-state index in [1.54, 1.807) is 18.3 Å². The number of H-pyrrole nitrogens is 1. The standard InChI is InChI=1S/C22H24N2O3S/c1-3-27-17-8-11-20-19(14-17)22(24-12-4-5-13-24)21(15-23-20)28(25,26)18-9-6-16(2)7-10-18/h6-11,14-15H,3-5,12-13H2,1-2H3/p+1. The molecule has 4 rings (SSSR count). The number of aryl methyl sites for hydroxylation is 1. The first kappa shape index (κ1) is 18.7. The molecule has 0 saturated carbocycles. The lowest BCUT2D eigenvalue weighted by Crippen LogP contribution is -2.23. The van der Waals surface area contributed by atoms with Crippen molar-refractivity contribution in [1.82, 2.24) is 0 Å². The minimum atomic E-state index is -3.65. The molecule has 1 aliphatic heterocycles. The average Bonchev–Trinajstić information content (AvgIpc) is 3.22. The largest absolute Gasteiger partial charge is 0.494 e. The minimum Gasteiger partial charge on any atom is -0.494 e. The highest BCUT2D eigenvalue weighted by molar-refractivity contribution is 7.91. The molecule has 0 bridgehead atoms. The van der Waals surface area contributed by atoms with E-state index in [4.69, 9.17) is 4.74 Å². The number of hydrogen-bond acceptors (Lipinski definition) is 4. The van der Waals surface area contributed by atoms with Gasteiger partial charge in [0.1, 0.15) is 5.75 Å². The molecule has 0 unspecified atom stereocenters. The Morgan fingerprint density at radius 1 is 1.07 bits per heavy atom. The zero-order valence-corrected chi connectivity index (χ0v) is 17.1. The quantitative estimate of drug-likeness (QED) is 0.657. The number of hydrogen-bond donors (Lipinski definition) is 0. The van der Waals surface area contributed by atoms with Crippen molar-refractivity contribution in [3.63, 3.8) is 0 Å². The third-order valence-corrected chi connectivity index (χ3v) is 6.98. The summed E-state index contributed by atoms with van der Waals surface area (Å²) in [6, 6.07) is 12.8. The molecular formula is C22H25N2O3S+. The molecule has 0 spiro atoms. The molecule has 0 amide bonds. The number of fused-ring (bicyclic) bond motifs is 1. The maximum absolute atomic E-state index is 13.5. The Labute approximate surface area is 165 Å². The van der Waals surface area contributed by atoms with Crippen LogP contribution < -0.4 is 14.6 Å². The average molecular weight is 398 g/mol. The van der Waals surface area contributed by atoms with Gasteiger partial charge in [-0.2, -0.15) is 0 Å². The van der Waals surface area contributed by atoms with Gasteiger partial charge in [-0.3, -0.25) is 0 Å². The molecule has 6 heteroatoms. The number of benzene rings is 2. The van der Waals surface area contributed by atoms with Gasteiger partial charge in [-0.15, -0.1) is 0 Å². The van der Waals surface area contributed by atoms with Crippen molar-refractivity contribution in [2.45, 2.75) is 36.5 Å². The maximum atomic E-state index is 13.5. The van der Waals surface area contributed by atoms with E-state index >= 15 is 0 Å². The van der Waals surface area contributed by atoms with Gasteiger partial charge >= 0.3 is 0 Å². The van der Waals surface area contributed by atoms with Gasteiger partial charge in [0.25, 0.3) is 0 Å². The molecule has 1 aliphatic rings. The second kappa shape index (κ2) is 7.43. The highest BCUT2D eigenvalue weighted by atomic mass is 32.2. The first-order valence-electron chi connectivity index (χ1n) is 9.68. The Morgan fingerprint density at radius 2 is 1.79 bits per heavy atom. The smallest absolute Gasteiger partial charge is 0.214 e. The van der Waals surface area contributed by atoms with Gasteiger partial charge in [-0.25, -0.2) is 13.4 Å². The molecule has 1 aromatic heterocycles. The van der Waals surface area contributed by atoms with Crippen molar-refractivity contribution in [3.05, 3.63) is 54.2 Å². The highest BCUT2D eigenvalue weighted by Crippen LogP contribution is 2.37. The topological polar surface area (TPSA) is 60.8 Å². The number of aromatic nitrogens is 1. The molecular weight excluding hydrogens is 372 g/mol. The summed E-state index contributed by atoms with van der Waals surface area (Å²) in [7, 11) is -3.65. The molecule has 3 aromatic rings. The van der Waals surface area contributed by atoms with Crippen molar-refractivity contribution in [3.8, 4) is 5.75 Å². The zero-order valence-electron chi connectivity index (χ0n) is 16.2. The fourth-order valence-corrected chi connectivity index (χ4v) is 5.22. The van der Waals surface area contributed by atoms with Gasteiger partial charge in [-0.1, -0.05) is 17.7 Å². The molecule has 0 atom stereocenters. The van der Waals surface area contributed by atoms with Gasteiger partial charge in [0, 0.05) is 19.2 Å². The molecule has 146 valence electrons. The molecule has 5 nitrogen and oxygen atoms in total. The van der Waals surface area contributed by atoms with E-state index in [1.807, 2.05) is 44.2 Å². The number of nitrogens with zero attached hydrogens (tertiary/aromatic N) is 1. The summed E-state index contributed by atoms with van der Waals surface area (Å²) >= 11 is 0. The van der Waals surface area contributed by atoms with E-state index in [0.717, 1.165) is 53.8 Å². The predicted octanol–water partition coefficient (Wildman–Crippen LogP) is 3.79. The SMILES string of the molecule is CCOc1ccc2[nH+]cc(S(=O)(=O)c3ccc(C)cc3)c(N3CCCC3)c2c1. The van der Waals surface area contributed by atoms with Crippen LogP contribution in [0.4, 0.5) is 5.69 Å². The van der Waals surface area contributed by atoms with E-state index in [0.29, 0.717) is 16.4 Å². The lowest BCUT2D eigenvalue weighted by Gasteiger charge is -2.21. The van der Waals surface area contributed by atoms with Crippen LogP contribution in [0.5, 0.6) is 5.75 Å². The van der Waals surface area contributed by atoms with Crippen LogP contribution in [-0.4, -0.2) is 28.1 Å². The third-order valence-electron chi connectivity index (χ3n) is 5.19. The summed E-state index contributed by atoms with van der Waals surface area (Å²) in [5.41, 5.74) is 2.70. The normalized spacial score (nSPS) is 14.6. The number of rotatable bonds is 5. The van der Waals surface area contributed by atoms with E-state index < -0.39 is 9.84 Å². The fourth-order valence-electron chi connectivity index (χ4n) is 3.76. The van der Waals surface area contributed by atoms with Crippen LogP contribution in [0.2, 0.25) is 0 Å². The molecule has 28 heavy (non-hydrogen) atoms. The van der Waals surface area contributed by atoms with Crippen molar-refractivity contribution in [2.24, 2.45) is 0 Å². The Balaban J connectivity index is 1.96. The van der Waals surface area contributed by atoms with Crippen LogP contribution in [0.25, 0.3) is 10.9 Å². The van der Waals surface area contributed by atoms with Gasteiger partial charge in [0.05, 0.1) is 22.6 Å². The van der Waals surface area contributed by atoms with Crippen molar-refractivity contribution in [2.75, 3.05) is 24.6 Å². The van der Waals surface area contributed by atoms with E-state index in [2.05, 4.69) is 9.88 Å². The molecule has 2 aromatic carbocycles. The fraction of sp³-hybridized carbons (Fsp3) is 0.318. The van der Waals surface area contributed by atoms with Crippen molar-refractivity contribution in [1.29, 1.82) is 0 Å². The lowest BCUT2D eigenvalue weighted by molar-refractivity contribution is -0.347. The van der Waals surface area contributed by atoms with Crippen LogP contribution in [-0.2, 0) is 9.84 Å². The van der Waals surface area contributed by atoms with Gasteiger partial charge in [0.15, 0.2) is 11.1 Å². The number of ether oxygens (including phenoxy) is 1. The Morgan fingerprint density at radius 3 is 2.46 bits per heavy atom. The number of pyridine rings is 1. The van der Waals surface area contributed by atoms with E-state index in [1.165, 1.54) is 0 Å². The van der Waals surface area contributed by atoms with Crippen LogP contribution in [0.1, 0.15) is 25.3 Å². The Hall–Kier alpha value is -2.60. The highest BCUT2D eigenvalue weighted by Gasteiger charge is 2.30. The number of nitrogens with one attached hydrogen (secondary N) is 1. The van der Waals surface area contributed by atoms with Crippen LogP contribution >= 0.6 is 0 Å². The molecule has 0 aliphatic carbocycles. The van der Waals surface area contributed by atoms with Gasteiger partial charge in [0.2, 0.25) is 15.4 Å². The molecule has 1 N–H and O–H groups in total. The third kappa shape index (κ3) is 3.33. The van der Waals surface area contributed by atoms with Gasteiger partial charge in [-0.05, 0) is 51.0 Å². The first-order chi connectivity index (χ1) is 13.5. The summed E-state index contributed by atoms with van der Waals surface area (Å²) in [6.45, 7) is 6.17. The number of sulfone groups is 1. The Kier molecular flexibility index (Phi) is 4.98. The second-order valence-corrected chi connectivity index (χ2v) is 9.07. The molecule has 1 fully saturated rings. The molecule has 0 radical (unpaired) electrons. The van der Waals surface area contributed by atoms with Crippen molar-refractivity contribution < 1.29 is 18.1 Å². The maximum Gasteiger partial charge on any atom is 0.214 e. The summed E-state index contributed by atoms with van der Waals surface area (Å²) < 4.78 is 32.7. The van der Waals surface area contributed by atoms with E-state index in [-0.39, 0.29) is 0 Å². The number of anilines is 1. The van der Waals surface area contributed by atoms with E-state index in [9.17, 15) is 8.42 Å². The van der Waals surface area contributed by atoms with Crippen LogP contribution in [0.3, 0.4) is 0 Å². The van der Waals surface area contributed by atoms with Crippen LogP contribution in [0, 0.1) is 6.92 Å². The summed E-state index contributed by atoms with van der Waals surface area (Å²) in [4.78, 5) is 6.00. The molecule has 2 heterocycles. The minimum absolute atomic E-state index is 0.312. The lowest BCUT2D eigenvalue weighted by atomic mass is 10.1. The number of aromatic amines is 1.